The molecule has 1 saturated carbocycles. The molecule has 1 fully saturated rings. The van der Waals surface area contributed by atoms with Crippen LogP contribution in [0.1, 0.15) is 29.3 Å². The van der Waals surface area contributed by atoms with Crippen LogP contribution in [-0.2, 0) is 0 Å². The summed E-state index contributed by atoms with van der Waals surface area (Å²) in [4.78, 5) is 4.61. The first-order chi connectivity index (χ1) is 8.28. The Morgan fingerprint density at radius 3 is 2.59 bits per heavy atom. The summed E-state index contributed by atoms with van der Waals surface area (Å²) in [6.07, 6.45) is 2.47. The summed E-state index contributed by atoms with van der Waals surface area (Å²) >= 11 is 1.59. The summed E-state index contributed by atoms with van der Waals surface area (Å²) in [6, 6.07) is 9.50. The highest BCUT2D eigenvalue weighted by Crippen LogP contribution is 2.45. The zero-order chi connectivity index (χ0) is 11.8. The average molecular weight is 241 g/mol. The number of nitrogens with two attached hydrogens (primary N) is 1. The number of rotatable bonds is 2. The second-order valence-corrected chi connectivity index (χ2v) is 5.29. The summed E-state index contributed by atoms with van der Waals surface area (Å²) in [6.45, 7) is 0. The third-order valence-electron chi connectivity index (χ3n) is 2.88. The van der Waals surface area contributed by atoms with Gasteiger partial charge in [0.25, 0.3) is 0 Å². The summed E-state index contributed by atoms with van der Waals surface area (Å²) in [5.41, 5.74) is 8.51. The average Bonchev–Trinajstić information content (AvgIpc) is 3.13. The van der Waals surface area contributed by atoms with E-state index < -0.39 is 0 Å². The fourth-order valence-electron chi connectivity index (χ4n) is 1.76. The number of nitrogens with zero attached hydrogens (tertiary/aromatic N) is 2. The highest BCUT2D eigenvalue weighted by molar-refractivity contribution is 7.16. The van der Waals surface area contributed by atoms with Gasteiger partial charge in [-0.25, -0.2) is 4.98 Å². The minimum absolute atomic E-state index is 0.634. The molecule has 1 aromatic carbocycles. The van der Waals surface area contributed by atoms with Crippen molar-refractivity contribution in [1.82, 2.24) is 4.98 Å². The predicted molar refractivity (Wildman–Crippen MR) is 68.7 cm³/mol. The van der Waals surface area contributed by atoms with Crippen molar-refractivity contribution < 1.29 is 0 Å². The third kappa shape index (κ3) is 1.90. The van der Waals surface area contributed by atoms with Gasteiger partial charge in [-0.15, -0.1) is 11.3 Å². The summed E-state index contributed by atoms with van der Waals surface area (Å²) in [7, 11) is 0. The van der Waals surface area contributed by atoms with E-state index in [1.54, 1.807) is 23.5 Å². The molecule has 1 heterocycles. The molecule has 3 rings (SSSR count). The number of anilines is 1. The number of aromatic nitrogens is 1. The Morgan fingerprint density at radius 1 is 1.29 bits per heavy atom. The number of nitriles is 1. The quantitative estimate of drug-likeness (QED) is 0.878. The number of hydrogen-bond acceptors (Lipinski definition) is 4. The molecule has 3 nitrogen and oxygen atoms in total. The number of nitrogen functional groups attached to an aromatic ring is 1. The number of hydrogen-bond donors (Lipinski definition) is 1. The number of benzene rings is 1. The monoisotopic (exact) mass is 241 g/mol. The van der Waals surface area contributed by atoms with Crippen molar-refractivity contribution in [3.8, 4) is 17.3 Å². The van der Waals surface area contributed by atoms with Crippen LogP contribution in [-0.4, -0.2) is 4.98 Å². The molecule has 0 unspecified atom stereocenters. The molecule has 17 heavy (non-hydrogen) atoms. The highest BCUT2D eigenvalue weighted by atomic mass is 32.1. The Labute approximate surface area is 104 Å². The van der Waals surface area contributed by atoms with E-state index >= 15 is 0 Å². The van der Waals surface area contributed by atoms with Gasteiger partial charge in [-0.05, 0) is 25.0 Å². The molecule has 1 aromatic heterocycles. The molecular formula is C13H11N3S. The van der Waals surface area contributed by atoms with E-state index in [-0.39, 0.29) is 0 Å². The number of thiazole rings is 1. The molecule has 84 valence electrons. The Hall–Kier alpha value is -1.86. The van der Waals surface area contributed by atoms with E-state index in [0.29, 0.717) is 11.5 Å². The lowest BCUT2D eigenvalue weighted by Gasteiger charge is -1.97. The third-order valence-corrected chi connectivity index (χ3v) is 3.93. The van der Waals surface area contributed by atoms with Crippen molar-refractivity contribution in [2.45, 2.75) is 18.8 Å². The fraction of sp³-hybridized carbons (Fsp3) is 0.231. The lowest BCUT2D eigenvalue weighted by Crippen LogP contribution is -1.86. The van der Waals surface area contributed by atoms with Crippen LogP contribution in [0.3, 0.4) is 0 Å². The Balaban J connectivity index is 1.99. The van der Waals surface area contributed by atoms with E-state index in [2.05, 4.69) is 11.1 Å². The second-order valence-electron chi connectivity index (χ2n) is 4.23. The summed E-state index contributed by atoms with van der Waals surface area (Å²) in [5.74, 6) is 0.634. The molecule has 0 spiro atoms. The fourth-order valence-corrected chi connectivity index (χ4v) is 2.79. The molecule has 2 aromatic rings. The molecule has 0 saturated heterocycles. The maximum Gasteiger partial charge on any atom is 0.114 e. The smallest absolute Gasteiger partial charge is 0.114 e. The predicted octanol–water partition coefficient (Wildman–Crippen LogP) is 3.14. The van der Waals surface area contributed by atoms with Gasteiger partial charge in [-0.3, -0.25) is 0 Å². The van der Waals surface area contributed by atoms with Gasteiger partial charge in [0.2, 0.25) is 0 Å². The Bertz CT molecular complexity index is 588. The zero-order valence-corrected chi connectivity index (χ0v) is 10.00. The minimum atomic E-state index is 0.634. The van der Waals surface area contributed by atoms with Crippen molar-refractivity contribution >= 4 is 16.3 Å². The van der Waals surface area contributed by atoms with E-state index in [0.717, 1.165) is 21.3 Å². The molecule has 0 amide bonds. The minimum Gasteiger partial charge on any atom is -0.389 e. The lowest BCUT2D eigenvalue weighted by molar-refractivity contribution is 1.09. The van der Waals surface area contributed by atoms with Crippen molar-refractivity contribution in [1.29, 1.82) is 5.26 Å². The van der Waals surface area contributed by atoms with Gasteiger partial charge in [-0.1, -0.05) is 12.1 Å². The van der Waals surface area contributed by atoms with Crippen molar-refractivity contribution in [3.05, 3.63) is 34.8 Å². The molecule has 1 aliphatic carbocycles. The highest BCUT2D eigenvalue weighted by Gasteiger charge is 2.28. The van der Waals surface area contributed by atoms with E-state index in [1.807, 2.05) is 12.1 Å². The molecule has 4 heteroatoms. The van der Waals surface area contributed by atoms with Crippen molar-refractivity contribution in [2.24, 2.45) is 0 Å². The van der Waals surface area contributed by atoms with E-state index in [4.69, 9.17) is 11.0 Å². The van der Waals surface area contributed by atoms with Gasteiger partial charge in [0, 0.05) is 11.5 Å². The molecule has 1 aliphatic rings. The van der Waals surface area contributed by atoms with Crippen LogP contribution in [0.5, 0.6) is 0 Å². The van der Waals surface area contributed by atoms with Crippen LogP contribution in [0, 0.1) is 11.3 Å². The topological polar surface area (TPSA) is 62.7 Å². The van der Waals surface area contributed by atoms with Gasteiger partial charge in [0.05, 0.1) is 16.6 Å². The molecule has 0 aliphatic heterocycles. The second kappa shape index (κ2) is 3.86. The van der Waals surface area contributed by atoms with Crippen LogP contribution in [0.25, 0.3) is 11.3 Å². The molecule has 0 bridgehead atoms. The Kier molecular flexibility index (Phi) is 2.34. The van der Waals surface area contributed by atoms with Crippen LogP contribution in [0.2, 0.25) is 0 Å². The van der Waals surface area contributed by atoms with Crippen molar-refractivity contribution in [3.63, 3.8) is 0 Å². The standard InChI is InChI=1S/C13H11N3S/c14-7-8-1-3-9(4-2-8)11-12(15)17-13(16-11)10-5-6-10/h1-4,10H,5-6,15H2. The van der Waals surface area contributed by atoms with Crippen LogP contribution >= 0.6 is 11.3 Å². The molecule has 0 radical (unpaired) electrons. The maximum atomic E-state index is 8.75. The van der Waals surface area contributed by atoms with Gasteiger partial charge in [-0.2, -0.15) is 5.26 Å². The SMILES string of the molecule is N#Cc1ccc(-c2nc(C3CC3)sc2N)cc1. The Morgan fingerprint density at radius 2 is 2.00 bits per heavy atom. The largest absolute Gasteiger partial charge is 0.389 e. The summed E-state index contributed by atoms with van der Waals surface area (Å²) in [5, 5.41) is 10.7. The maximum absolute atomic E-state index is 8.75. The van der Waals surface area contributed by atoms with E-state index in [9.17, 15) is 0 Å². The normalized spacial score (nSPS) is 14.5. The first-order valence-corrected chi connectivity index (χ1v) is 6.36. The first kappa shape index (κ1) is 10.3. The van der Waals surface area contributed by atoms with Crippen molar-refractivity contribution in [2.75, 3.05) is 5.73 Å². The molecular weight excluding hydrogens is 230 g/mol. The van der Waals surface area contributed by atoms with Crippen LogP contribution in [0.4, 0.5) is 5.00 Å². The van der Waals surface area contributed by atoms with E-state index in [1.165, 1.54) is 12.8 Å². The van der Waals surface area contributed by atoms with Crippen LogP contribution in [0.15, 0.2) is 24.3 Å². The van der Waals surface area contributed by atoms with Gasteiger partial charge in [0.1, 0.15) is 10.7 Å². The van der Waals surface area contributed by atoms with Crippen LogP contribution < -0.4 is 5.73 Å². The lowest BCUT2D eigenvalue weighted by atomic mass is 10.1. The first-order valence-electron chi connectivity index (χ1n) is 5.54. The zero-order valence-electron chi connectivity index (χ0n) is 9.18. The van der Waals surface area contributed by atoms with Gasteiger partial charge in [0.15, 0.2) is 0 Å². The molecule has 2 N–H and O–H groups in total. The van der Waals surface area contributed by atoms with Gasteiger partial charge < -0.3 is 5.73 Å². The molecule has 0 atom stereocenters. The summed E-state index contributed by atoms with van der Waals surface area (Å²) < 4.78 is 0. The van der Waals surface area contributed by atoms with Gasteiger partial charge >= 0.3 is 0 Å².